The molecule has 0 radical (unpaired) electrons. The van der Waals surface area contributed by atoms with Crippen molar-refractivity contribution in [2.45, 2.75) is 13.8 Å². The Balaban J connectivity index is 2.53. The smallest absolute Gasteiger partial charge is 0.197 e. The monoisotopic (exact) mass is 277 g/mol. The quantitative estimate of drug-likeness (QED) is 0.668. The van der Waals surface area contributed by atoms with Gasteiger partial charge in [-0.05, 0) is 55.3 Å². The van der Waals surface area contributed by atoms with Gasteiger partial charge in [0.05, 0.1) is 10.6 Å². The van der Waals surface area contributed by atoms with Crippen LogP contribution >= 0.6 is 11.6 Å². The molecule has 0 aromatic heterocycles. The van der Waals surface area contributed by atoms with Gasteiger partial charge in [0.25, 0.3) is 0 Å². The number of ketones is 1. The molecule has 0 unspecified atom stereocenters. The van der Waals surface area contributed by atoms with Crippen molar-refractivity contribution in [3.8, 4) is 0 Å². The Hall–Kier alpha value is -1.87. The molecule has 0 amide bonds. The molecule has 0 bridgehead atoms. The van der Waals surface area contributed by atoms with E-state index in [1.165, 1.54) is 12.1 Å². The molecule has 0 atom stereocenters. The number of hydrogen-bond donors (Lipinski definition) is 1. The first-order valence-electron chi connectivity index (χ1n) is 5.76. The van der Waals surface area contributed by atoms with E-state index >= 15 is 0 Å². The molecule has 0 saturated heterocycles. The third kappa shape index (κ3) is 2.61. The second-order valence-electron chi connectivity index (χ2n) is 4.48. The summed E-state index contributed by atoms with van der Waals surface area (Å²) in [7, 11) is 0. The van der Waals surface area contributed by atoms with Crippen molar-refractivity contribution >= 4 is 23.1 Å². The molecule has 4 heteroatoms. The van der Waals surface area contributed by atoms with E-state index in [2.05, 4.69) is 0 Å². The minimum absolute atomic E-state index is 0.0284. The van der Waals surface area contributed by atoms with Gasteiger partial charge in [-0.1, -0.05) is 11.6 Å². The van der Waals surface area contributed by atoms with E-state index in [4.69, 9.17) is 17.3 Å². The zero-order chi connectivity index (χ0) is 14.2. The molecule has 2 N–H and O–H groups in total. The number of halogens is 2. The summed E-state index contributed by atoms with van der Waals surface area (Å²) in [5, 5.41) is 0.323. The van der Waals surface area contributed by atoms with Crippen molar-refractivity contribution in [3.63, 3.8) is 0 Å². The Morgan fingerprint density at radius 1 is 1.11 bits per heavy atom. The van der Waals surface area contributed by atoms with Gasteiger partial charge in [0, 0.05) is 11.3 Å². The number of nitrogen functional groups attached to an aromatic ring is 1. The topological polar surface area (TPSA) is 43.1 Å². The normalized spacial score (nSPS) is 10.5. The highest BCUT2D eigenvalue weighted by atomic mass is 35.5. The lowest BCUT2D eigenvalue weighted by Gasteiger charge is -2.08. The number of carbonyl (C=O) groups excluding carboxylic acids is 1. The van der Waals surface area contributed by atoms with Crippen molar-refractivity contribution in [1.29, 1.82) is 0 Å². The molecule has 2 aromatic rings. The van der Waals surface area contributed by atoms with Crippen LogP contribution in [0.4, 0.5) is 10.1 Å². The van der Waals surface area contributed by atoms with Crippen LogP contribution in [0.15, 0.2) is 30.3 Å². The first kappa shape index (κ1) is 13.6. The van der Waals surface area contributed by atoms with Crippen molar-refractivity contribution in [2.75, 3.05) is 5.73 Å². The summed E-state index contributed by atoms with van der Waals surface area (Å²) in [6.45, 7) is 3.78. The first-order chi connectivity index (χ1) is 8.90. The van der Waals surface area contributed by atoms with Gasteiger partial charge in [0.1, 0.15) is 5.82 Å². The molecule has 2 rings (SSSR count). The summed E-state index contributed by atoms with van der Waals surface area (Å²) >= 11 is 6.06. The molecule has 0 aliphatic carbocycles. The van der Waals surface area contributed by atoms with Gasteiger partial charge >= 0.3 is 0 Å². The standard InChI is InChI=1S/C15H13ClFNO/c1-8-5-12(13(16)6-9(8)2)15(19)11-4-3-10(18)7-14(11)17/h3-7H,18H2,1-2H3. The van der Waals surface area contributed by atoms with E-state index in [1.807, 2.05) is 13.8 Å². The number of nitrogens with two attached hydrogens (primary N) is 1. The number of rotatable bonds is 2. The number of hydrogen-bond acceptors (Lipinski definition) is 2. The third-order valence-corrected chi connectivity index (χ3v) is 3.38. The largest absolute Gasteiger partial charge is 0.399 e. The van der Waals surface area contributed by atoms with Gasteiger partial charge in [-0.3, -0.25) is 4.79 Å². The highest BCUT2D eigenvalue weighted by Gasteiger charge is 2.17. The maximum atomic E-state index is 13.8. The SMILES string of the molecule is Cc1cc(Cl)c(C(=O)c2ccc(N)cc2F)cc1C. The zero-order valence-electron chi connectivity index (χ0n) is 10.6. The first-order valence-corrected chi connectivity index (χ1v) is 6.14. The summed E-state index contributed by atoms with van der Waals surface area (Å²) in [6, 6.07) is 7.38. The predicted molar refractivity (Wildman–Crippen MR) is 75.2 cm³/mol. The molecule has 2 nitrogen and oxygen atoms in total. The van der Waals surface area contributed by atoms with Crippen molar-refractivity contribution in [3.05, 3.63) is 63.4 Å². The van der Waals surface area contributed by atoms with Gasteiger partial charge in [0.2, 0.25) is 0 Å². The van der Waals surface area contributed by atoms with Crippen molar-refractivity contribution in [1.82, 2.24) is 0 Å². The predicted octanol–water partition coefficient (Wildman–Crippen LogP) is 3.91. The minimum atomic E-state index is -0.640. The number of carbonyl (C=O) groups is 1. The molecule has 0 fully saturated rings. The Morgan fingerprint density at radius 3 is 2.37 bits per heavy atom. The molecule has 0 heterocycles. The molecular weight excluding hydrogens is 265 g/mol. The number of aryl methyl sites for hydroxylation is 2. The lowest BCUT2D eigenvalue weighted by atomic mass is 9.98. The van der Waals surface area contributed by atoms with Crippen LogP contribution in [0.3, 0.4) is 0 Å². The van der Waals surface area contributed by atoms with Crippen LogP contribution < -0.4 is 5.73 Å². The summed E-state index contributed by atoms with van der Waals surface area (Å²) in [5.74, 6) is -1.08. The van der Waals surface area contributed by atoms with Crippen LogP contribution in [0.2, 0.25) is 5.02 Å². The number of benzene rings is 2. The van der Waals surface area contributed by atoms with E-state index in [1.54, 1.807) is 12.1 Å². The van der Waals surface area contributed by atoms with Crippen molar-refractivity contribution in [2.24, 2.45) is 0 Å². The molecular formula is C15H13ClFNO. The summed E-state index contributed by atoms with van der Waals surface area (Å²) in [6.07, 6.45) is 0. The average Bonchev–Trinajstić information content (AvgIpc) is 2.33. The fourth-order valence-corrected chi connectivity index (χ4v) is 2.12. The molecule has 0 spiro atoms. The Kier molecular flexibility index (Phi) is 3.58. The van der Waals surface area contributed by atoms with Crippen LogP contribution in [-0.2, 0) is 0 Å². The van der Waals surface area contributed by atoms with E-state index in [9.17, 15) is 9.18 Å². The zero-order valence-corrected chi connectivity index (χ0v) is 11.4. The molecule has 2 aromatic carbocycles. The summed E-state index contributed by atoms with van der Waals surface area (Å²) in [5.41, 5.74) is 7.93. The number of anilines is 1. The minimum Gasteiger partial charge on any atom is -0.399 e. The fourth-order valence-electron chi connectivity index (χ4n) is 1.82. The second kappa shape index (κ2) is 5.02. The van der Waals surface area contributed by atoms with Crippen LogP contribution in [0.5, 0.6) is 0 Å². The van der Waals surface area contributed by atoms with Crippen LogP contribution in [0.1, 0.15) is 27.0 Å². The second-order valence-corrected chi connectivity index (χ2v) is 4.89. The summed E-state index contributed by atoms with van der Waals surface area (Å²) in [4.78, 5) is 12.3. The third-order valence-electron chi connectivity index (χ3n) is 3.07. The molecule has 0 aliphatic rings. The van der Waals surface area contributed by atoms with Crippen molar-refractivity contribution < 1.29 is 9.18 Å². The molecule has 0 aliphatic heterocycles. The van der Waals surface area contributed by atoms with Gasteiger partial charge in [-0.2, -0.15) is 0 Å². The highest BCUT2D eigenvalue weighted by molar-refractivity contribution is 6.35. The van der Waals surface area contributed by atoms with E-state index in [0.29, 0.717) is 10.6 Å². The Bertz CT molecular complexity index is 667. The maximum absolute atomic E-state index is 13.8. The Labute approximate surface area is 116 Å². The lowest BCUT2D eigenvalue weighted by Crippen LogP contribution is -2.06. The van der Waals surface area contributed by atoms with Crippen LogP contribution in [-0.4, -0.2) is 5.78 Å². The van der Waals surface area contributed by atoms with Crippen LogP contribution in [0.25, 0.3) is 0 Å². The molecule has 98 valence electrons. The van der Waals surface area contributed by atoms with E-state index in [-0.39, 0.29) is 11.3 Å². The fraction of sp³-hybridized carbons (Fsp3) is 0.133. The summed E-state index contributed by atoms with van der Waals surface area (Å²) < 4.78 is 13.8. The Morgan fingerprint density at radius 2 is 1.74 bits per heavy atom. The maximum Gasteiger partial charge on any atom is 0.197 e. The van der Waals surface area contributed by atoms with E-state index in [0.717, 1.165) is 17.2 Å². The van der Waals surface area contributed by atoms with Gasteiger partial charge in [0.15, 0.2) is 5.78 Å². The lowest BCUT2D eigenvalue weighted by molar-refractivity contribution is 0.103. The van der Waals surface area contributed by atoms with E-state index < -0.39 is 11.6 Å². The molecule has 0 saturated carbocycles. The van der Waals surface area contributed by atoms with Gasteiger partial charge in [-0.25, -0.2) is 4.39 Å². The average molecular weight is 278 g/mol. The highest BCUT2D eigenvalue weighted by Crippen LogP contribution is 2.25. The van der Waals surface area contributed by atoms with Gasteiger partial charge < -0.3 is 5.73 Å². The van der Waals surface area contributed by atoms with Gasteiger partial charge in [-0.15, -0.1) is 0 Å². The molecule has 19 heavy (non-hydrogen) atoms. The van der Waals surface area contributed by atoms with Crippen LogP contribution in [0, 0.1) is 19.7 Å².